The Balaban J connectivity index is 2.59. The number of hydrogen-bond acceptors (Lipinski definition) is 2. The zero-order chi connectivity index (χ0) is 10.8. The van der Waals surface area contributed by atoms with Crippen LogP contribution >= 0.6 is 11.6 Å². The summed E-state index contributed by atoms with van der Waals surface area (Å²) in [6.45, 7) is 1.71. The van der Waals surface area contributed by atoms with Gasteiger partial charge in [-0.3, -0.25) is 4.98 Å². The van der Waals surface area contributed by atoms with Gasteiger partial charge in [-0.2, -0.15) is 0 Å². The van der Waals surface area contributed by atoms with Crippen molar-refractivity contribution >= 4 is 11.6 Å². The quantitative estimate of drug-likeness (QED) is 0.693. The van der Waals surface area contributed by atoms with E-state index in [9.17, 15) is 4.39 Å². The summed E-state index contributed by atoms with van der Waals surface area (Å²) in [5.74, 6) is -0.319. The second-order valence-electron chi connectivity index (χ2n) is 3.16. The van der Waals surface area contributed by atoms with E-state index < -0.39 is 0 Å². The van der Waals surface area contributed by atoms with Crippen LogP contribution in [0.4, 0.5) is 4.39 Å². The fourth-order valence-corrected chi connectivity index (χ4v) is 1.53. The van der Waals surface area contributed by atoms with E-state index in [2.05, 4.69) is 9.97 Å². The molecule has 0 aromatic carbocycles. The molecule has 0 radical (unpaired) electrons. The molecule has 2 heterocycles. The summed E-state index contributed by atoms with van der Waals surface area (Å²) >= 11 is 5.76. The minimum Gasteiger partial charge on any atom is -0.261 e. The molecule has 2 aromatic rings. The average Bonchev–Trinajstić information content (AvgIpc) is 2.22. The van der Waals surface area contributed by atoms with Crippen molar-refractivity contribution in [1.82, 2.24) is 9.97 Å². The van der Waals surface area contributed by atoms with Crippen molar-refractivity contribution in [3.63, 3.8) is 0 Å². The first-order chi connectivity index (χ1) is 7.18. The molecule has 0 aliphatic carbocycles. The summed E-state index contributed by atoms with van der Waals surface area (Å²) in [6, 6.07) is 3.46. The molecule has 15 heavy (non-hydrogen) atoms. The van der Waals surface area contributed by atoms with E-state index >= 15 is 0 Å². The van der Waals surface area contributed by atoms with Crippen molar-refractivity contribution in [2.24, 2.45) is 0 Å². The number of halogens is 2. The Morgan fingerprint density at radius 2 is 2.13 bits per heavy atom. The summed E-state index contributed by atoms with van der Waals surface area (Å²) in [6.07, 6.45) is 4.40. The molecule has 2 nitrogen and oxygen atoms in total. The van der Waals surface area contributed by atoms with E-state index in [1.54, 1.807) is 31.5 Å². The summed E-state index contributed by atoms with van der Waals surface area (Å²) in [5.41, 5.74) is 2.12. The van der Waals surface area contributed by atoms with Gasteiger partial charge >= 0.3 is 0 Å². The Morgan fingerprint density at radius 3 is 2.87 bits per heavy atom. The molecule has 0 saturated carbocycles. The first-order valence-corrected chi connectivity index (χ1v) is 4.78. The molecule has 0 saturated heterocycles. The summed E-state index contributed by atoms with van der Waals surface area (Å²) in [7, 11) is 0. The van der Waals surface area contributed by atoms with Gasteiger partial charge in [0.25, 0.3) is 0 Å². The lowest BCUT2D eigenvalue weighted by molar-refractivity contribution is 0.613. The maximum absolute atomic E-state index is 13.3. The lowest BCUT2D eigenvalue weighted by atomic mass is 10.0. The molecular formula is C11H8ClFN2. The van der Waals surface area contributed by atoms with Gasteiger partial charge in [0.1, 0.15) is 11.0 Å². The van der Waals surface area contributed by atoms with E-state index in [1.807, 2.05) is 0 Å². The van der Waals surface area contributed by atoms with Crippen molar-refractivity contribution < 1.29 is 4.39 Å². The zero-order valence-electron chi connectivity index (χ0n) is 8.04. The maximum atomic E-state index is 13.3. The van der Waals surface area contributed by atoms with Crippen LogP contribution in [0.15, 0.2) is 30.7 Å². The first-order valence-electron chi connectivity index (χ1n) is 4.40. The topological polar surface area (TPSA) is 25.8 Å². The SMILES string of the molecule is Cc1c(F)cncc1-c1ccnc(Cl)c1. The van der Waals surface area contributed by atoms with Gasteiger partial charge in [0.05, 0.1) is 6.20 Å². The molecule has 0 spiro atoms. The molecule has 76 valence electrons. The van der Waals surface area contributed by atoms with Gasteiger partial charge in [-0.1, -0.05) is 11.6 Å². The van der Waals surface area contributed by atoms with Crippen molar-refractivity contribution in [1.29, 1.82) is 0 Å². The molecular weight excluding hydrogens is 215 g/mol. The number of pyridine rings is 2. The van der Waals surface area contributed by atoms with E-state index in [4.69, 9.17) is 11.6 Å². The van der Waals surface area contributed by atoms with Crippen molar-refractivity contribution in [2.75, 3.05) is 0 Å². The van der Waals surface area contributed by atoms with Gasteiger partial charge < -0.3 is 0 Å². The Morgan fingerprint density at radius 1 is 1.33 bits per heavy atom. The van der Waals surface area contributed by atoms with Crippen LogP contribution in [-0.2, 0) is 0 Å². The second-order valence-corrected chi connectivity index (χ2v) is 3.55. The molecule has 0 aliphatic rings. The fourth-order valence-electron chi connectivity index (χ4n) is 1.36. The standard InChI is InChI=1S/C11H8ClFN2/c1-7-9(5-14-6-10(7)13)8-2-3-15-11(12)4-8/h2-6H,1H3. The minimum atomic E-state index is -0.319. The Bertz CT molecular complexity index is 500. The predicted octanol–water partition coefficient (Wildman–Crippen LogP) is 3.24. The lowest BCUT2D eigenvalue weighted by Crippen LogP contribution is -1.90. The highest BCUT2D eigenvalue weighted by atomic mass is 35.5. The van der Waals surface area contributed by atoms with Gasteiger partial charge in [-0.25, -0.2) is 9.37 Å². The van der Waals surface area contributed by atoms with Gasteiger partial charge in [-0.05, 0) is 30.2 Å². The van der Waals surface area contributed by atoms with Gasteiger partial charge in [0.2, 0.25) is 0 Å². The molecule has 2 aromatic heterocycles. The van der Waals surface area contributed by atoms with Crippen molar-refractivity contribution in [3.05, 3.63) is 47.3 Å². The Kier molecular flexibility index (Phi) is 2.64. The summed E-state index contributed by atoms with van der Waals surface area (Å²) in [4.78, 5) is 7.68. The van der Waals surface area contributed by atoms with Crippen molar-refractivity contribution in [2.45, 2.75) is 6.92 Å². The van der Waals surface area contributed by atoms with Crippen LogP contribution in [0.5, 0.6) is 0 Å². The van der Waals surface area contributed by atoms with Crippen LogP contribution < -0.4 is 0 Å². The minimum absolute atomic E-state index is 0.319. The summed E-state index contributed by atoms with van der Waals surface area (Å²) < 4.78 is 13.3. The van der Waals surface area contributed by atoms with E-state index in [1.165, 1.54) is 6.20 Å². The van der Waals surface area contributed by atoms with Crippen LogP contribution in [-0.4, -0.2) is 9.97 Å². The second kappa shape index (κ2) is 3.95. The molecule has 0 bridgehead atoms. The summed E-state index contributed by atoms with van der Waals surface area (Å²) in [5, 5.41) is 0.385. The van der Waals surface area contributed by atoms with Gasteiger partial charge in [-0.15, -0.1) is 0 Å². The van der Waals surface area contributed by atoms with Crippen LogP contribution in [0.1, 0.15) is 5.56 Å². The molecule has 0 N–H and O–H groups in total. The third-order valence-electron chi connectivity index (χ3n) is 2.19. The molecule has 0 fully saturated rings. The number of nitrogens with zero attached hydrogens (tertiary/aromatic N) is 2. The molecule has 4 heteroatoms. The highest BCUT2D eigenvalue weighted by Crippen LogP contribution is 2.24. The van der Waals surface area contributed by atoms with Crippen molar-refractivity contribution in [3.8, 4) is 11.1 Å². The van der Waals surface area contributed by atoms with Crippen LogP contribution in [0.25, 0.3) is 11.1 Å². The number of hydrogen-bond donors (Lipinski definition) is 0. The molecule has 0 aliphatic heterocycles. The van der Waals surface area contributed by atoms with Crippen LogP contribution in [0.2, 0.25) is 5.15 Å². The third-order valence-corrected chi connectivity index (χ3v) is 2.40. The maximum Gasteiger partial charge on any atom is 0.145 e. The lowest BCUT2D eigenvalue weighted by Gasteiger charge is -2.05. The fraction of sp³-hybridized carbons (Fsp3) is 0.0909. The number of aromatic nitrogens is 2. The van der Waals surface area contributed by atoms with E-state index in [0.29, 0.717) is 10.7 Å². The third kappa shape index (κ3) is 1.97. The largest absolute Gasteiger partial charge is 0.261 e. The molecule has 0 unspecified atom stereocenters. The highest BCUT2D eigenvalue weighted by molar-refractivity contribution is 6.29. The monoisotopic (exact) mass is 222 g/mol. The molecule has 2 rings (SSSR count). The van der Waals surface area contributed by atoms with Gasteiger partial charge in [0.15, 0.2) is 0 Å². The number of rotatable bonds is 1. The molecule has 0 atom stereocenters. The van der Waals surface area contributed by atoms with E-state index in [-0.39, 0.29) is 5.82 Å². The Hall–Kier alpha value is -1.48. The predicted molar refractivity (Wildman–Crippen MR) is 57.2 cm³/mol. The average molecular weight is 223 g/mol. The zero-order valence-corrected chi connectivity index (χ0v) is 8.79. The normalized spacial score (nSPS) is 10.3. The van der Waals surface area contributed by atoms with Gasteiger partial charge in [0, 0.05) is 18.0 Å². The first kappa shape index (κ1) is 10.1. The van der Waals surface area contributed by atoms with E-state index in [0.717, 1.165) is 11.1 Å². The highest BCUT2D eigenvalue weighted by Gasteiger charge is 2.06. The van der Waals surface area contributed by atoms with Crippen LogP contribution in [0.3, 0.4) is 0 Å². The van der Waals surface area contributed by atoms with Crippen LogP contribution in [0, 0.1) is 12.7 Å². The smallest absolute Gasteiger partial charge is 0.145 e. The molecule has 0 amide bonds. The Labute approximate surface area is 91.8 Å².